The zero-order valence-electron chi connectivity index (χ0n) is 13.1. The Morgan fingerprint density at radius 1 is 1.33 bits per heavy atom. The molecular formula is C16H27ClN2O2. The van der Waals surface area contributed by atoms with Crippen molar-refractivity contribution in [2.24, 2.45) is 11.7 Å². The molecule has 120 valence electrons. The van der Waals surface area contributed by atoms with Crippen LogP contribution in [0, 0.1) is 5.92 Å². The third kappa shape index (κ3) is 7.34. The number of hydrogen-bond acceptors (Lipinski definition) is 3. The maximum Gasteiger partial charge on any atom is 0.236 e. The minimum atomic E-state index is -0.419. The van der Waals surface area contributed by atoms with Gasteiger partial charge in [-0.25, -0.2) is 0 Å². The molecule has 0 bridgehead atoms. The Hall–Kier alpha value is -1.26. The molecule has 3 N–H and O–H groups in total. The molecule has 0 aliphatic rings. The van der Waals surface area contributed by atoms with Crippen LogP contribution < -0.4 is 15.8 Å². The Morgan fingerprint density at radius 2 is 2.00 bits per heavy atom. The van der Waals surface area contributed by atoms with Crippen molar-refractivity contribution in [3.63, 3.8) is 0 Å². The molecule has 1 aromatic carbocycles. The van der Waals surface area contributed by atoms with Crippen molar-refractivity contribution in [2.75, 3.05) is 13.2 Å². The highest BCUT2D eigenvalue weighted by Crippen LogP contribution is 2.18. The molecule has 0 spiro atoms. The average Bonchev–Trinajstić information content (AvgIpc) is 2.40. The topological polar surface area (TPSA) is 64.3 Å². The number of hydrogen-bond donors (Lipinski definition) is 2. The van der Waals surface area contributed by atoms with E-state index in [1.807, 2.05) is 31.2 Å². The highest BCUT2D eigenvalue weighted by atomic mass is 35.5. The van der Waals surface area contributed by atoms with Crippen LogP contribution in [0.25, 0.3) is 0 Å². The van der Waals surface area contributed by atoms with Gasteiger partial charge in [0, 0.05) is 6.54 Å². The molecule has 0 heterocycles. The molecule has 5 heteroatoms. The summed E-state index contributed by atoms with van der Waals surface area (Å²) < 4.78 is 5.56. The van der Waals surface area contributed by atoms with E-state index in [1.54, 1.807) is 0 Å². The maximum atomic E-state index is 11.8. The molecule has 0 saturated heterocycles. The van der Waals surface area contributed by atoms with Crippen LogP contribution in [-0.4, -0.2) is 25.1 Å². The standard InChI is InChI=1S/C16H26N2O2.ClH/c1-4-20-15-8-6-5-7-13(15)9-10-18-16(19)14(17)11-12(2)3;/h5-8,12,14H,4,9-11,17H2,1-3H3,(H,18,19);1H/t14-;/m0./s1. The van der Waals surface area contributed by atoms with Gasteiger partial charge in [-0.3, -0.25) is 4.79 Å². The number of para-hydroxylation sites is 1. The lowest BCUT2D eigenvalue weighted by molar-refractivity contribution is -0.122. The van der Waals surface area contributed by atoms with Gasteiger partial charge in [-0.05, 0) is 37.3 Å². The maximum absolute atomic E-state index is 11.8. The van der Waals surface area contributed by atoms with Gasteiger partial charge in [0.05, 0.1) is 12.6 Å². The van der Waals surface area contributed by atoms with Crippen LogP contribution in [0.5, 0.6) is 5.75 Å². The van der Waals surface area contributed by atoms with Crippen molar-refractivity contribution in [2.45, 2.75) is 39.7 Å². The summed E-state index contributed by atoms with van der Waals surface area (Å²) in [5, 5.41) is 2.89. The normalized spacial score (nSPS) is 11.7. The lowest BCUT2D eigenvalue weighted by Crippen LogP contribution is -2.42. The largest absolute Gasteiger partial charge is 0.494 e. The monoisotopic (exact) mass is 314 g/mol. The van der Waals surface area contributed by atoms with Crippen molar-refractivity contribution in [3.05, 3.63) is 29.8 Å². The van der Waals surface area contributed by atoms with Gasteiger partial charge in [-0.15, -0.1) is 12.4 Å². The first-order valence-electron chi connectivity index (χ1n) is 7.28. The highest BCUT2D eigenvalue weighted by Gasteiger charge is 2.14. The summed E-state index contributed by atoms with van der Waals surface area (Å²) in [6.45, 7) is 7.30. The third-order valence-corrected chi connectivity index (χ3v) is 3.03. The van der Waals surface area contributed by atoms with Crippen molar-refractivity contribution in [1.82, 2.24) is 5.32 Å². The molecule has 21 heavy (non-hydrogen) atoms. The first-order chi connectivity index (χ1) is 9.54. The number of benzene rings is 1. The Bertz CT molecular complexity index is 424. The summed E-state index contributed by atoms with van der Waals surface area (Å²) >= 11 is 0. The average molecular weight is 315 g/mol. The minimum Gasteiger partial charge on any atom is -0.494 e. The predicted octanol–water partition coefficient (Wildman–Crippen LogP) is 2.54. The van der Waals surface area contributed by atoms with Gasteiger partial charge in [0.2, 0.25) is 5.91 Å². The second-order valence-corrected chi connectivity index (χ2v) is 5.32. The van der Waals surface area contributed by atoms with E-state index in [0.717, 1.165) is 17.7 Å². The molecule has 1 aromatic rings. The zero-order chi connectivity index (χ0) is 15.0. The number of nitrogens with two attached hydrogens (primary N) is 1. The fourth-order valence-electron chi connectivity index (χ4n) is 2.07. The lowest BCUT2D eigenvalue weighted by Gasteiger charge is -2.15. The second kappa shape index (κ2) is 10.5. The van der Waals surface area contributed by atoms with Crippen LogP contribution >= 0.6 is 12.4 Å². The first-order valence-corrected chi connectivity index (χ1v) is 7.28. The number of amides is 1. The Labute approximate surface area is 133 Å². The van der Waals surface area contributed by atoms with Gasteiger partial charge < -0.3 is 15.8 Å². The molecule has 1 atom stereocenters. The van der Waals surface area contributed by atoms with Crippen LogP contribution in [0.2, 0.25) is 0 Å². The number of rotatable bonds is 8. The van der Waals surface area contributed by atoms with Crippen molar-refractivity contribution in [1.29, 1.82) is 0 Å². The fourth-order valence-corrected chi connectivity index (χ4v) is 2.07. The highest BCUT2D eigenvalue weighted by molar-refractivity contribution is 5.85. The van der Waals surface area contributed by atoms with Gasteiger partial charge in [0.15, 0.2) is 0 Å². The van der Waals surface area contributed by atoms with Gasteiger partial charge in [0.25, 0.3) is 0 Å². The Morgan fingerprint density at radius 3 is 2.62 bits per heavy atom. The number of nitrogens with one attached hydrogen (secondary N) is 1. The van der Waals surface area contributed by atoms with Crippen LogP contribution in [0.4, 0.5) is 0 Å². The van der Waals surface area contributed by atoms with Gasteiger partial charge in [-0.2, -0.15) is 0 Å². The van der Waals surface area contributed by atoms with Crippen LogP contribution in [0.1, 0.15) is 32.8 Å². The second-order valence-electron chi connectivity index (χ2n) is 5.32. The summed E-state index contributed by atoms with van der Waals surface area (Å²) in [7, 11) is 0. The third-order valence-electron chi connectivity index (χ3n) is 3.03. The minimum absolute atomic E-state index is 0. The molecular weight excluding hydrogens is 288 g/mol. The molecule has 4 nitrogen and oxygen atoms in total. The summed E-state index contributed by atoms with van der Waals surface area (Å²) in [5.74, 6) is 1.23. The number of ether oxygens (including phenoxy) is 1. The first kappa shape index (κ1) is 19.7. The van der Waals surface area contributed by atoms with Crippen molar-refractivity contribution in [3.8, 4) is 5.75 Å². The van der Waals surface area contributed by atoms with E-state index in [-0.39, 0.29) is 18.3 Å². The SMILES string of the molecule is CCOc1ccccc1CCNC(=O)[C@@H](N)CC(C)C.Cl. The number of carbonyl (C=O) groups excluding carboxylic acids is 1. The molecule has 0 saturated carbocycles. The summed E-state index contributed by atoms with van der Waals surface area (Å²) in [6, 6.07) is 7.48. The van der Waals surface area contributed by atoms with Gasteiger partial charge >= 0.3 is 0 Å². The summed E-state index contributed by atoms with van der Waals surface area (Å²) in [5.41, 5.74) is 6.94. The van der Waals surface area contributed by atoms with E-state index in [4.69, 9.17) is 10.5 Å². The van der Waals surface area contributed by atoms with E-state index < -0.39 is 6.04 Å². The quantitative estimate of drug-likeness (QED) is 0.775. The number of carbonyl (C=O) groups is 1. The molecule has 0 unspecified atom stereocenters. The van der Waals surface area contributed by atoms with Crippen LogP contribution in [0.15, 0.2) is 24.3 Å². The van der Waals surface area contributed by atoms with Gasteiger partial charge in [-0.1, -0.05) is 32.0 Å². The zero-order valence-corrected chi connectivity index (χ0v) is 13.9. The molecule has 0 aromatic heterocycles. The predicted molar refractivity (Wildman–Crippen MR) is 89.0 cm³/mol. The van der Waals surface area contributed by atoms with Crippen LogP contribution in [-0.2, 0) is 11.2 Å². The van der Waals surface area contributed by atoms with Gasteiger partial charge in [0.1, 0.15) is 5.75 Å². The molecule has 1 amide bonds. The summed E-state index contributed by atoms with van der Waals surface area (Å²) in [6.07, 6.45) is 1.46. The van der Waals surface area contributed by atoms with E-state index >= 15 is 0 Å². The molecule has 0 radical (unpaired) electrons. The van der Waals surface area contributed by atoms with Crippen molar-refractivity contribution >= 4 is 18.3 Å². The van der Waals surface area contributed by atoms with E-state index in [0.29, 0.717) is 25.5 Å². The Kier molecular flexibility index (Phi) is 9.84. The number of halogens is 1. The molecule has 1 rings (SSSR count). The fraction of sp³-hybridized carbons (Fsp3) is 0.562. The molecule has 0 aliphatic carbocycles. The Balaban J connectivity index is 0.00000400. The lowest BCUT2D eigenvalue weighted by atomic mass is 10.0. The summed E-state index contributed by atoms with van der Waals surface area (Å²) in [4.78, 5) is 11.8. The van der Waals surface area contributed by atoms with Crippen molar-refractivity contribution < 1.29 is 9.53 Å². The van der Waals surface area contributed by atoms with E-state index in [9.17, 15) is 4.79 Å². The molecule has 0 aliphatic heterocycles. The van der Waals surface area contributed by atoms with Crippen LogP contribution in [0.3, 0.4) is 0 Å². The van der Waals surface area contributed by atoms with E-state index in [2.05, 4.69) is 19.2 Å². The van der Waals surface area contributed by atoms with E-state index in [1.165, 1.54) is 0 Å². The smallest absolute Gasteiger partial charge is 0.236 e. The molecule has 0 fully saturated rings.